The fraction of sp³-hybridized carbons (Fsp3) is 0.906. The van der Waals surface area contributed by atoms with Crippen LogP contribution in [0.25, 0.3) is 0 Å². The summed E-state index contributed by atoms with van der Waals surface area (Å²) >= 11 is 0. The Morgan fingerprint density at radius 3 is 2.64 bits per heavy atom. The third kappa shape index (κ3) is 4.77. The Kier molecular flexibility index (Phi) is 7.81. The topological polar surface area (TPSA) is 60.8 Å². The fourth-order valence-electron chi connectivity index (χ4n) is 10.3. The summed E-state index contributed by atoms with van der Waals surface area (Å²) in [6.07, 6.45) is 18.4. The van der Waals surface area contributed by atoms with Gasteiger partial charge in [-0.1, -0.05) is 58.6 Å². The highest BCUT2D eigenvalue weighted by molar-refractivity contribution is 5.84. The van der Waals surface area contributed by atoms with Crippen LogP contribution in [0, 0.1) is 46.3 Å². The SMILES string of the molecule is CC(CCC[C@@H](C)[C@H]1CC[C@H]2[C@@H]3CC=C4C[C@@H](O)CC[C@]4(C)[C@H]3CC[C@]12C)CC(=O)[C@@H]1CCCN1O. The number of nitrogens with zero attached hydrogens (tertiary/aromatic N) is 1. The average molecular weight is 500 g/mol. The van der Waals surface area contributed by atoms with Gasteiger partial charge in [-0.2, -0.15) is 5.06 Å². The zero-order chi connectivity index (χ0) is 25.7. The molecule has 36 heavy (non-hydrogen) atoms. The molecule has 0 aromatic heterocycles. The summed E-state index contributed by atoms with van der Waals surface area (Å²) in [5, 5.41) is 21.5. The second-order valence-electron chi connectivity index (χ2n) is 14.4. The van der Waals surface area contributed by atoms with Gasteiger partial charge in [-0.05, 0) is 111 Å². The number of rotatable bonds is 8. The number of hydrogen-bond donors (Lipinski definition) is 2. The Morgan fingerprint density at radius 1 is 1.08 bits per heavy atom. The number of Topliss-reactive ketones (excluding diaryl/α,β-unsaturated/α-hetero) is 1. The van der Waals surface area contributed by atoms with E-state index in [4.69, 9.17) is 0 Å². The Morgan fingerprint density at radius 2 is 1.89 bits per heavy atom. The van der Waals surface area contributed by atoms with Gasteiger partial charge in [0.05, 0.1) is 12.1 Å². The molecule has 2 N–H and O–H groups in total. The molecule has 4 aliphatic carbocycles. The van der Waals surface area contributed by atoms with Gasteiger partial charge >= 0.3 is 0 Å². The molecule has 0 radical (unpaired) electrons. The molecule has 1 unspecified atom stereocenters. The van der Waals surface area contributed by atoms with Gasteiger partial charge in [0.15, 0.2) is 5.78 Å². The number of hydrogen-bond acceptors (Lipinski definition) is 4. The average Bonchev–Trinajstić information content (AvgIpc) is 3.42. The van der Waals surface area contributed by atoms with Crippen LogP contribution in [0.4, 0.5) is 0 Å². The summed E-state index contributed by atoms with van der Waals surface area (Å²) in [6.45, 7) is 10.6. The van der Waals surface area contributed by atoms with Crippen LogP contribution in [0.3, 0.4) is 0 Å². The summed E-state index contributed by atoms with van der Waals surface area (Å²) in [5.41, 5.74) is 2.42. The van der Waals surface area contributed by atoms with Gasteiger partial charge < -0.3 is 10.3 Å². The second-order valence-corrected chi connectivity index (χ2v) is 14.4. The van der Waals surface area contributed by atoms with Gasteiger partial charge in [0.1, 0.15) is 0 Å². The maximum atomic E-state index is 12.6. The van der Waals surface area contributed by atoms with Gasteiger partial charge in [-0.15, -0.1) is 0 Å². The Hall–Kier alpha value is -0.710. The van der Waals surface area contributed by atoms with Crippen molar-refractivity contribution >= 4 is 5.78 Å². The van der Waals surface area contributed by atoms with Crippen molar-refractivity contribution in [3.63, 3.8) is 0 Å². The Bertz CT molecular complexity index is 839. The summed E-state index contributed by atoms with van der Waals surface area (Å²) in [4.78, 5) is 12.6. The van der Waals surface area contributed by atoms with Gasteiger partial charge in [0.2, 0.25) is 0 Å². The molecule has 0 aromatic rings. The minimum absolute atomic E-state index is 0.112. The lowest BCUT2D eigenvalue weighted by molar-refractivity contribution is -0.144. The van der Waals surface area contributed by atoms with Crippen LogP contribution in [0.15, 0.2) is 11.6 Å². The number of ketones is 1. The van der Waals surface area contributed by atoms with Crippen molar-refractivity contribution in [2.24, 2.45) is 46.3 Å². The van der Waals surface area contributed by atoms with E-state index < -0.39 is 0 Å². The molecule has 0 spiro atoms. The van der Waals surface area contributed by atoms with Crippen molar-refractivity contribution in [3.05, 3.63) is 11.6 Å². The molecule has 4 fully saturated rings. The van der Waals surface area contributed by atoms with E-state index in [9.17, 15) is 15.1 Å². The minimum atomic E-state index is -0.247. The highest BCUT2D eigenvalue weighted by atomic mass is 16.5. The maximum absolute atomic E-state index is 12.6. The van der Waals surface area contributed by atoms with Crippen LogP contribution >= 0.6 is 0 Å². The first-order valence-electron chi connectivity index (χ1n) is 15.5. The summed E-state index contributed by atoms with van der Waals surface area (Å²) in [6, 6.07) is -0.247. The van der Waals surface area contributed by atoms with E-state index in [-0.39, 0.29) is 17.9 Å². The van der Waals surface area contributed by atoms with Crippen molar-refractivity contribution in [2.75, 3.05) is 6.54 Å². The van der Waals surface area contributed by atoms with Gasteiger partial charge in [-0.25, -0.2) is 0 Å². The monoisotopic (exact) mass is 499 g/mol. The predicted molar refractivity (Wildman–Crippen MR) is 145 cm³/mol. The van der Waals surface area contributed by atoms with Crippen molar-refractivity contribution in [2.45, 2.75) is 130 Å². The molecule has 3 saturated carbocycles. The number of carbonyl (C=O) groups is 1. The van der Waals surface area contributed by atoms with Gasteiger partial charge in [0, 0.05) is 13.0 Å². The van der Waals surface area contributed by atoms with Crippen molar-refractivity contribution < 1.29 is 15.1 Å². The van der Waals surface area contributed by atoms with Crippen LogP contribution < -0.4 is 0 Å². The van der Waals surface area contributed by atoms with Crippen molar-refractivity contribution in [1.82, 2.24) is 5.06 Å². The molecule has 0 bridgehead atoms. The van der Waals surface area contributed by atoms with E-state index in [0.29, 0.717) is 29.7 Å². The largest absolute Gasteiger partial charge is 0.393 e. The highest BCUT2D eigenvalue weighted by Gasteiger charge is 2.59. The number of hydroxylamine groups is 2. The zero-order valence-corrected chi connectivity index (χ0v) is 23.6. The molecule has 0 aromatic carbocycles. The molecule has 4 nitrogen and oxygen atoms in total. The predicted octanol–water partition coefficient (Wildman–Crippen LogP) is 7.18. The number of aliphatic hydroxyl groups is 1. The minimum Gasteiger partial charge on any atom is -0.393 e. The van der Waals surface area contributed by atoms with E-state index in [1.165, 1.54) is 56.4 Å². The van der Waals surface area contributed by atoms with Crippen LogP contribution in [-0.4, -0.2) is 39.9 Å². The first-order valence-corrected chi connectivity index (χ1v) is 15.5. The van der Waals surface area contributed by atoms with Crippen LogP contribution in [0.1, 0.15) is 118 Å². The molecule has 5 rings (SSSR count). The lowest BCUT2D eigenvalue weighted by Gasteiger charge is -2.58. The first kappa shape index (κ1) is 26.9. The van der Waals surface area contributed by atoms with Crippen molar-refractivity contribution in [1.29, 1.82) is 0 Å². The third-order valence-corrected chi connectivity index (χ3v) is 12.3. The smallest absolute Gasteiger partial charge is 0.152 e. The summed E-state index contributed by atoms with van der Waals surface area (Å²) < 4.78 is 0. The number of allylic oxidation sites excluding steroid dienone is 1. The molecule has 5 aliphatic rings. The lowest BCUT2D eigenvalue weighted by atomic mass is 9.47. The van der Waals surface area contributed by atoms with E-state index in [2.05, 4.69) is 33.8 Å². The quantitative estimate of drug-likeness (QED) is 0.347. The maximum Gasteiger partial charge on any atom is 0.152 e. The number of carbonyl (C=O) groups excluding carboxylic acids is 1. The summed E-state index contributed by atoms with van der Waals surface area (Å²) in [7, 11) is 0. The molecule has 10 atom stereocenters. The van der Waals surface area contributed by atoms with Gasteiger partial charge in [0.25, 0.3) is 0 Å². The second kappa shape index (κ2) is 10.5. The Balaban J connectivity index is 1.15. The lowest BCUT2D eigenvalue weighted by Crippen LogP contribution is -2.50. The van der Waals surface area contributed by atoms with Crippen LogP contribution in [-0.2, 0) is 4.79 Å². The fourth-order valence-corrected chi connectivity index (χ4v) is 10.3. The molecule has 204 valence electrons. The molecule has 1 aliphatic heterocycles. The normalized spacial score (nSPS) is 44.3. The number of fused-ring (bicyclic) bond motifs is 5. The molecule has 1 heterocycles. The van der Waals surface area contributed by atoms with E-state index in [1.54, 1.807) is 5.57 Å². The number of aliphatic hydroxyl groups excluding tert-OH is 1. The van der Waals surface area contributed by atoms with Crippen LogP contribution in [0.2, 0.25) is 0 Å². The van der Waals surface area contributed by atoms with Crippen molar-refractivity contribution in [3.8, 4) is 0 Å². The summed E-state index contributed by atoms with van der Waals surface area (Å²) in [5.74, 6) is 4.80. The first-order chi connectivity index (χ1) is 17.1. The molecule has 1 saturated heterocycles. The Labute approximate surface area is 220 Å². The van der Waals surface area contributed by atoms with E-state index >= 15 is 0 Å². The van der Waals surface area contributed by atoms with Crippen LogP contribution in [0.5, 0.6) is 0 Å². The molecular weight excluding hydrogens is 446 g/mol. The standard InChI is InChI=1S/C32H53NO3/c1-21(19-30(35)29-9-6-18-33(29)36)7-5-8-22(2)26-12-13-27-25-11-10-23-20-24(34)14-16-31(23,3)28(25)15-17-32(26,27)4/h10,21-22,24-29,34,36H,5-9,11-20H2,1-4H3/t21?,22-,24+,25+,26-,27+,28+,29+,31+,32-/m1/s1. The highest BCUT2D eigenvalue weighted by Crippen LogP contribution is 2.67. The zero-order valence-electron chi connectivity index (χ0n) is 23.6. The molecule has 4 heteroatoms. The van der Waals surface area contributed by atoms with E-state index in [0.717, 1.165) is 61.7 Å². The van der Waals surface area contributed by atoms with E-state index in [1.807, 2.05) is 0 Å². The molecular formula is C32H53NO3. The molecule has 0 amide bonds. The van der Waals surface area contributed by atoms with Gasteiger partial charge in [-0.3, -0.25) is 4.79 Å². The third-order valence-electron chi connectivity index (χ3n) is 12.3.